The van der Waals surface area contributed by atoms with Crippen LogP contribution in [0.15, 0.2) is 24.3 Å². The van der Waals surface area contributed by atoms with Crippen LogP contribution in [0.2, 0.25) is 0 Å². The first kappa shape index (κ1) is 10.6. The summed E-state index contributed by atoms with van der Waals surface area (Å²) in [5.74, 6) is 0. The van der Waals surface area contributed by atoms with Gasteiger partial charge in [0.1, 0.15) is 0 Å². The minimum Gasteiger partial charge on any atom is -0.389 e. The van der Waals surface area contributed by atoms with Gasteiger partial charge in [-0.25, -0.2) is 0 Å². The zero-order valence-electron chi connectivity index (χ0n) is 8.93. The highest BCUT2D eigenvalue weighted by molar-refractivity contribution is 5.22. The molecule has 0 aliphatic carbocycles. The number of hydrogen-bond donors (Lipinski definition) is 2. The first-order valence-electron chi connectivity index (χ1n) is 5.29. The standard InChI is InChI=1S/C12H17NO2/c1-9-3-2-4-10(5-9)6-13-7-11(14)12(15)8-13/h2-5,11-12,14-15H,6-8H2,1H3/t11-,12-/m0/s1. The van der Waals surface area contributed by atoms with E-state index in [-0.39, 0.29) is 0 Å². The molecular weight excluding hydrogens is 190 g/mol. The first-order chi connectivity index (χ1) is 7.15. The Hall–Kier alpha value is -0.900. The molecule has 1 fully saturated rings. The molecule has 2 rings (SSSR count). The second-order valence-electron chi connectivity index (χ2n) is 4.32. The lowest BCUT2D eigenvalue weighted by Gasteiger charge is -2.14. The lowest BCUT2D eigenvalue weighted by atomic mass is 10.1. The molecule has 0 aromatic heterocycles. The third-order valence-corrected chi connectivity index (χ3v) is 2.82. The summed E-state index contributed by atoms with van der Waals surface area (Å²) in [6, 6.07) is 8.31. The Balaban J connectivity index is 1.98. The summed E-state index contributed by atoms with van der Waals surface area (Å²) >= 11 is 0. The van der Waals surface area contributed by atoms with E-state index in [1.807, 2.05) is 6.07 Å². The van der Waals surface area contributed by atoms with Gasteiger partial charge in [-0.3, -0.25) is 4.90 Å². The molecule has 3 nitrogen and oxygen atoms in total. The molecule has 0 spiro atoms. The van der Waals surface area contributed by atoms with Crippen LogP contribution in [0.4, 0.5) is 0 Å². The van der Waals surface area contributed by atoms with E-state index in [2.05, 4.69) is 30.0 Å². The third-order valence-electron chi connectivity index (χ3n) is 2.82. The van der Waals surface area contributed by atoms with Crippen molar-refractivity contribution in [2.45, 2.75) is 25.7 Å². The second-order valence-corrected chi connectivity index (χ2v) is 4.32. The molecule has 0 saturated carbocycles. The number of aliphatic hydroxyl groups is 2. The minimum atomic E-state index is -0.588. The number of aliphatic hydroxyl groups excluding tert-OH is 2. The Morgan fingerprint density at radius 1 is 1.27 bits per heavy atom. The van der Waals surface area contributed by atoms with Gasteiger partial charge in [-0.1, -0.05) is 29.8 Å². The van der Waals surface area contributed by atoms with E-state index in [0.29, 0.717) is 13.1 Å². The number of nitrogens with zero attached hydrogens (tertiary/aromatic N) is 1. The average Bonchev–Trinajstić information content (AvgIpc) is 2.45. The first-order valence-corrected chi connectivity index (χ1v) is 5.29. The smallest absolute Gasteiger partial charge is 0.0938 e. The minimum absolute atomic E-state index is 0.565. The molecule has 1 heterocycles. The predicted octanol–water partition coefficient (Wildman–Crippen LogP) is 0.532. The number of benzene rings is 1. The summed E-state index contributed by atoms with van der Waals surface area (Å²) in [6.07, 6.45) is -1.18. The van der Waals surface area contributed by atoms with Crippen LogP contribution in [0.1, 0.15) is 11.1 Å². The second kappa shape index (κ2) is 4.31. The number of rotatable bonds is 2. The summed E-state index contributed by atoms with van der Waals surface area (Å²) in [4.78, 5) is 2.07. The van der Waals surface area contributed by atoms with Crippen molar-refractivity contribution in [2.24, 2.45) is 0 Å². The van der Waals surface area contributed by atoms with Crippen LogP contribution in [-0.4, -0.2) is 40.4 Å². The molecule has 0 bridgehead atoms. The summed E-state index contributed by atoms with van der Waals surface area (Å²) in [5.41, 5.74) is 2.48. The number of likely N-dealkylation sites (tertiary alicyclic amines) is 1. The van der Waals surface area contributed by atoms with Gasteiger partial charge in [0.15, 0.2) is 0 Å². The molecule has 0 radical (unpaired) electrons. The maximum atomic E-state index is 9.41. The molecule has 0 amide bonds. The average molecular weight is 207 g/mol. The van der Waals surface area contributed by atoms with Crippen LogP contribution >= 0.6 is 0 Å². The van der Waals surface area contributed by atoms with Crippen molar-refractivity contribution in [1.29, 1.82) is 0 Å². The van der Waals surface area contributed by atoms with E-state index < -0.39 is 12.2 Å². The Labute approximate surface area is 90.0 Å². The number of β-amino-alcohol motifs (C(OH)–C–C–N with tert-alkyl or cyclic N) is 2. The van der Waals surface area contributed by atoms with Gasteiger partial charge in [0.05, 0.1) is 12.2 Å². The third kappa shape index (κ3) is 2.56. The molecule has 1 aromatic rings. The van der Waals surface area contributed by atoms with Gasteiger partial charge in [-0.15, -0.1) is 0 Å². The van der Waals surface area contributed by atoms with Crippen molar-refractivity contribution in [1.82, 2.24) is 4.90 Å². The molecule has 1 aliphatic heterocycles. The molecule has 2 N–H and O–H groups in total. The highest BCUT2D eigenvalue weighted by Gasteiger charge is 2.29. The lowest BCUT2D eigenvalue weighted by Crippen LogP contribution is -2.22. The van der Waals surface area contributed by atoms with E-state index in [1.165, 1.54) is 11.1 Å². The fourth-order valence-electron chi connectivity index (χ4n) is 2.04. The molecule has 15 heavy (non-hydrogen) atoms. The maximum absolute atomic E-state index is 9.41. The van der Waals surface area contributed by atoms with Crippen molar-refractivity contribution < 1.29 is 10.2 Å². The van der Waals surface area contributed by atoms with E-state index >= 15 is 0 Å². The molecule has 1 saturated heterocycles. The predicted molar refractivity (Wildman–Crippen MR) is 58.5 cm³/mol. The molecule has 2 atom stereocenters. The van der Waals surface area contributed by atoms with Crippen molar-refractivity contribution in [3.8, 4) is 0 Å². The quantitative estimate of drug-likeness (QED) is 0.743. The fraction of sp³-hybridized carbons (Fsp3) is 0.500. The van der Waals surface area contributed by atoms with E-state index in [0.717, 1.165) is 6.54 Å². The molecule has 3 heteroatoms. The SMILES string of the molecule is Cc1cccc(CN2C[C@H](O)[C@@H](O)C2)c1. The van der Waals surface area contributed by atoms with Gasteiger partial charge < -0.3 is 10.2 Å². The molecule has 1 aliphatic rings. The fourth-order valence-corrected chi connectivity index (χ4v) is 2.04. The summed E-state index contributed by atoms with van der Waals surface area (Å²) in [7, 11) is 0. The zero-order chi connectivity index (χ0) is 10.8. The normalized spacial score (nSPS) is 27.1. The van der Waals surface area contributed by atoms with Crippen molar-refractivity contribution in [2.75, 3.05) is 13.1 Å². The summed E-state index contributed by atoms with van der Waals surface area (Å²) < 4.78 is 0. The monoisotopic (exact) mass is 207 g/mol. The molecular formula is C12H17NO2. The number of hydrogen-bond acceptors (Lipinski definition) is 3. The van der Waals surface area contributed by atoms with Crippen LogP contribution in [0, 0.1) is 6.92 Å². The van der Waals surface area contributed by atoms with Gasteiger partial charge in [0.25, 0.3) is 0 Å². The Morgan fingerprint density at radius 2 is 1.93 bits per heavy atom. The van der Waals surface area contributed by atoms with E-state index in [9.17, 15) is 10.2 Å². The van der Waals surface area contributed by atoms with Gasteiger partial charge >= 0.3 is 0 Å². The zero-order valence-corrected chi connectivity index (χ0v) is 8.93. The molecule has 82 valence electrons. The maximum Gasteiger partial charge on any atom is 0.0938 e. The highest BCUT2D eigenvalue weighted by atomic mass is 16.3. The van der Waals surface area contributed by atoms with Crippen molar-refractivity contribution >= 4 is 0 Å². The lowest BCUT2D eigenvalue weighted by molar-refractivity contribution is 0.0572. The topological polar surface area (TPSA) is 43.7 Å². The molecule has 1 aromatic carbocycles. The Kier molecular flexibility index (Phi) is 3.05. The van der Waals surface area contributed by atoms with Crippen LogP contribution in [-0.2, 0) is 6.54 Å². The van der Waals surface area contributed by atoms with Gasteiger partial charge in [-0.2, -0.15) is 0 Å². The largest absolute Gasteiger partial charge is 0.389 e. The van der Waals surface area contributed by atoms with Crippen LogP contribution in [0.25, 0.3) is 0 Å². The van der Waals surface area contributed by atoms with Crippen LogP contribution in [0.3, 0.4) is 0 Å². The van der Waals surface area contributed by atoms with E-state index in [1.54, 1.807) is 0 Å². The summed E-state index contributed by atoms with van der Waals surface area (Å²) in [6.45, 7) is 4.00. The van der Waals surface area contributed by atoms with Crippen LogP contribution < -0.4 is 0 Å². The summed E-state index contributed by atoms with van der Waals surface area (Å²) in [5, 5.41) is 18.8. The Bertz CT molecular complexity index is 330. The highest BCUT2D eigenvalue weighted by Crippen LogP contribution is 2.14. The van der Waals surface area contributed by atoms with Gasteiger partial charge in [0, 0.05) is 19.6 Å². The van der Waals surface area contributed by atoms with Crippen LogP contribution in [0.5, 0.6) is 0 Å². The van der Waals surface area contributed by atoms with Crippen molar-refractivity contribution in [3.63, 3.8) is 0 Å². The van der Waals surface area contributed by atoms with Gasteiger partial charge in [0.2, 0.25) is 0 Å². The molecule has 0 unspecified atom stereocenters. The van der Waals surface area contributed by atoms with Gasteiger partial charge in [-0.05, 0) is 12.5 Å². The number of aryl methyl sites for hydroxylation is 1. The van der Waals surface area contributed by atoms with Crippen molar-refractivity contribution in [3.05, 3.63) is 35.4 Å². The Morgan fingerprint density at radius 3 is 2.53 bits per heavy atom. The van der Waals surface area contributed by atoms with E-state index in [4.69, 9.17) is 0 Å².